The molecule has 2 aliphatic rings. The van der Waals surface area contributed by atoms with Crippen molar-refractivity contribution in [2.24, 2.45) is 0 Å². The summed E-state index contributed by atoms with van der Waals surface area (Å²) < 4.78 is 0. The molecule has 0 atom stereocenters. The summed E-state index contributed by atoms with van der Waals surface area (Å²) in [5.74, 6) is 0. The summed E-state index contributed by atoms with van der Waals surface area (Å²) >= 11 is 0. The predicted octanol–water partition coefficient (Wildman–Crippen LogP) is 2.98. The first-order valence-electron chi connectivity index (χ1n) is 7.36. The van der Waals surface area contributed by atoms with Crippen LogP contribution in [0.4, 0.5) is 0 Å². The zero-order valence-corrected chi connectivity index (χ0v) is 11.5. The van der Waals surface area contributed by atoms with Gasteiger partial charge in [-0.25, -0.2) is 0 Å². The topological polar surface area (TPSA) is 6.48 Å². The van der Waals surface area contributed by atoms with Gasteiger partial charge >= 0.3 is 0 Å². The molecule has 0 aliphatic carbocycles. The van der Waals surface area contributed by atoms with E-state index in [9.17, 15) is 0 Å². The first-order valence-corrected chi connectivity index (χ1v) is 7.36. The van der Waals surface area contributed by atoms with Crippen LogP contribution < -0.4 is 0 Å². The van der Waals surface area contributed by atoms with E-state index in [1.54, 1.807) is 0 Å². The minimum atomic E-state index is 0.922. The van der Waals surface area contributed by atoms with Gasteiger partial charge in [0, 0.05) is 6.04 Å². The molecule has 0 aromatic heterocycles. The molecule has 0 radical (unpaired) electrons. The summed E-state index contributed by atoms with van der Waals surface area (Å²) in [6, 6.07) is 0.922. The minimum Gasteiger partial charge on any atom is -0.303 e. The molecule has 2 aliphatic heterocycles. The average Bonchev–Trinajstić information content (AvgIpc) is 2.87. The summed E-state index contributed by atoms with van der Waals surface area (Å²) in [7, 11) is 0. The Balaban J connectivity index is 0.000000606. The minimum absolute atomic E-state index is 0.922. The maximum Gasteiger partial charge on any atom is 0.0120 e. The summed E-state index contributed by atoms with van der Waals surface area (Å²) in [5.41, 5.74) is 0. The highest BCUT2D eigenvalue weighted by Crippen LogP contribution is 2.20. The van der Waals surface area contributed by atoms with Crippen molar-refractivity contribution in [3.63, 3.8) is 0 Å². The molecule has 0 unspecified atom stereocenters. The van der Waals surface area contributed by atoms with Crippen LogP contribution in [0.15, 0.2) is 0 Å². The van der Waals surface area contributed by atoms with E-state index in [4.69, 9.17) is 0 Å². The van der Waals surface area contributed by atoms with Crippen LogP contribution in [0.3, 0.4) is 0 Å². The monoisotopic (exact) mass is 226 g/mol. The van der Waals surface area contributed by atoms with Gasteiger partial charge in [0.25, 0.3) is 0 Å². The lowest BCUT2D eigenvalue weighted by molar-refractivity contribution is 0.127. The lowest BCUT2D eigenvalue weighted by Crippen LogP contribution is -2.43. The second-order valence-electron chi connectivity index (χ2n) is 4.82. The van der Waals surface area contributed by atoms with E-state index in [-0.39, 0.29) is 0 Å². The molecule has 0 saturated carbocycles. The molecule has 0 aromatic rings. The highest BCUT2D eigenvalue weighted by molar-refractivity contribution is 4.82. The zero-order chi connectivity index (χ0) is 11.8. The Labute approximate surface area is 102 Å². The van der Waals surface area contributed by atoms with Crippen LogP contribution in [0.5, 0.6) is 0 Å². The Kier molecular flexibility index (Phi) is 7.06. The molecule has 0 bridgehead atoms. The molecule has 2 rings (SSSR count). The zero-order valence-electron chi connectivity index (χ0n) is 11.5. The largest absolute Gasteiger partial charge is 0.303 e. The van der Waals surface area contributed by atoms with Crippen molar-refractivity contribution < 1.29 is 0 Å². The lowest BCUT2D eigenvalue weighted by atomic mass is 10.0. The maximum atomic E-state index is 2.73. The summed E-state index contributed by atoms with van der Waals surface area (Å²) in [5, 5.41) is 0. The van der Waals surface area contributed by atoms with E-state index in [0.717, 1.165) is 6.04 Å². The highest BCUT2D eigenvalue weighted by Gasteiger charge is 2.25. The summed E-state index contributed by atoms with van der Waals surface area (Å²) in [6.45, 7) is 13.0. The van der Waals surface area contributed by atoms with Crippen LogP contribution in [-0.4, -0.2) is 48.6 Å². The fourth-order valence-corrected chi connectivity index (χ4v) is 2.93. The number of piperidine rings is 1. The van der Waals surface area contributed by atoms with Gasteiger partial charge in [-0.05, 0) is 64.8 Å². The Bertz CT molecular complexity index is 156. The Hall–Kier alpha value is -0.0800. The van der Waals surface area contributed by atoms with E-state index in [2.05, 4.69) is 16.7 Å². The SMILES string of the molecule is CC.CCCN1CCC(N2CCCC2)CC1. The van der Waals surface area contributed by atoms with Crippen molar-refractivity contribution in [2.45, 2.75) is 58.9 Å². The number of rotatable bonds is 3. The molecular formula is C14H30N2. The molecule has 2 heterocycles. The van der Waals surface area contributed by atoms with Crippen molar-refractivity contribution in [3.8, 4) is 0 Å². The van der Waals surface area contributed by atoms with E-state index in [1.165, 1.54) is 64.8 Å². The van der Waals surface area contributed by atoms with Gasteiger partial charge in [0.2, 0.25) is 0 Å². The van der Waals surface area contributed by atoms with Crippen molar-refractivity contribution in [1.29, 1.82) is 0 Å². The number of hydrogen-bond acceptors (Lipinski definition) is 2. The quantitative estimate of drug-likeness (QED) is 0.730. The Morgan fingerprint density at radius 2 is 1.50 bits per heavy atom. The smallest absolute Gasteiger partial charge is 0.0120 e. The third-order valence-corrected chi connectivity index (χ3v) is 3.75. The van der Waals surface area contributed by atoms with E-state index < -0.39 is 0 Å². The number of hydrogen-bond donors (Lipinski definition) is 0. The second-order valence-corrected chi connectivity index (χ2v) is 4.82. The van der Waals surface area contributed by atoms with Crippen molar-refractivity contribution in [1.82, 2.24) is 9.80 Å². The van der Waals surface area contributed by atoms with Gasteiger partial charge in [-0.1, -0.05) is 20.8 Å². The third kappa shape index (κ3) is 4.06. The number of likely N-dealkylation sites (tertiary alicyclic amines) is 2. The van der Waals surface area contributed by atoms with Gasteiger partial charge < -0.3 is 9.80 Å². The molecule has 2 saturated heterocycles. The molecular weight excluding hydrogens is 196 g/mol. The van der Waals surface area contributed by atoms with E-state index in [0.29, 0.717) is 0 Å². The van der Waals surface area contributed by atoms with Gasteiger partial charge in [-0.2, -0.15) is 0 Å². The van der Waals surface area contributed by atoms with E-state index >= 15 is 0 Å². The van der Waals surface area contributed by atoms with Gasteiger partial charge in [0.1, 0.15) is 0 Å². The molecule has 16 heavy (non-hydrogen) atoms. The fourth-order valence-electron chi connectivity index (χ4n) is 2.93. The molecule has 0 spiro atoms. The van der Waals surface area contributed by atoms with Gasteiger partial charge in [-0.3, -0.25) is 0 Å². The van der Waals surface area contributed by atoms with Crippen LogP contribution in [0.25, 0.3) is 0 Å². The predicted molar refractivity (Wildman–Crippen MR) is 71.9 cm³/mol. The molecule has 2 heteroatoms. The lowest BCUT2D eigenvalue weighted by Gasteiger charge is -2.36. The van der Waals surface area contributed by atoms with Crippen LogP contribution in [0, 0.1) is 0 Å². The number of nitrogens with zero attached hydrogens (tertiary/aromatic N) is 2. The summed E-state index contributed by atoms with van der Waals surface area (Å²) in [4.78, 5) is 5.36. The van der Waals surface area contributed by atoms with Gasteiger partial charge in [0.15, 0.2) is 0 Å². The highest BCUT2D eigenvalue weighted by atomic mass is 15.2. The van der Waals surface area contributed by atoms with Gasteiger partial charge in [-0.15, -0.1) is 0 Å². The van der Waals surface area contributed by atoms with Crippen LogP contribution in [-0.2, 0) is 0 Å². The van der Waals surface area contributed by atoms with E-state index in [1.807, 2.05) is 13.8 Å². The fraction of sp³-hybridized carbons (Fsp3) is 1.00. The van der Waals surface area contributed by atoms with Crippen molar-refractivity contribution >= 4 is 0 Å². The third-order valence-electron chi connectivity index (χ3n) is 3.75. The normalized spacial score (nSPS) is 24.2. The first-order chi connectivity index (χ1) is 7.90. The standard InChI is InChI=1S/C12H24N2.C2H6/c1-2-7-13-10-5-12(6-11-13)14-8-3-4-9-14;1-2/h12H,2-11H2,1H3;1-2H3. The van der Waals surface area contributed by atoms with Crippen molar-refractivity contribution in [3.05, 3.63) is 0 Å². The Morgan fingerprint density at radius 1 is 0.938 bits per heavy atom. The first kappa shape index (κ1) is 14.0. The molecule has 0 N–H and O–H groups in total. The molecule has 96 valence electrons. The Morgan fingerprint density at radius 3 is 2.00 bits per heavy atom. The second kappa shape index (κ2) is 8.08. The molecule has 2 nitrogen and oxygen atoms in total. The van der Waals surface area contributed by atoms with Crippen molar-refractivity contribution in [2.75, 3.05) is 32.7 Å². The molecule has 0 aromatic carbocycles. The average molecular weight is 226 g/mol. The maximum absolute atomic E-state index is 2.73. The van der Waals surface area contributed by atoms with Crippen LogP contribution in [0.1, 0.15) is 52.9 Å². The molecule has 2 fully saturated rings. The van der Waals surface area contributed by atoms with Crippen LogP contribution in [0.2, 0.25) is 0 Å². The van der Waals surface area contributed by atoms with Gasteiger partial charge in [0.05, 0.1) is 0 Å². The van der Waals surface area contributed by atoms with Crippen LogP contribution >= 0.6 is 0 Å². The molecule has 0 amide bonds. The summed E-state index contributed by atoms with van der Waals surface area (Å²) in [6.07, 6.45) is 7.03.